The number of carbonyl (C=O) groups excluding carboxylic acids is 2. The fraction of sp³-hybridized carbons (Fsp3) is 0.333. The van der Waals surface area contributed by atoms with Gasteiger partial charge in [0.05, 0.1) is 58.4 Å². The van der Waals surface area contributed by atoms with Gasteiger partial charge in [0.2, 0.25) is 11.8 Å². The van der Waals surface area contributed by atoms with Crippen LogP contribution in [0.25, 0.3) is 21.8 Å². The van der Waals surface area contributed by atoms with Crippen LogP contribution in [0.4, 0.5) is 43.2 Å². The van der Waals surface area contributed by atoms with Gasteiger partial charge in [-0.15, -0.1) is 0 Å². The Hall–Kier alpha value is -6.54. The number of carbonyl (C=O) groups is 2. The highest BCUT2D eigenvalue weighted by molar-refractivity contribution is 6.31. The summed E-state index contributed by atoms with van der Waals surface area (Å²) in [5.74, 6) is 0.451. The van der Waals surface area contributed by atoms with Gasteiger partial charge >= 0.3 is 0 Å². The van der Waals surface area contributed by atoms with Gasteiger partial charge in [-0.3, -0.25) is 9.59 Å². The first-order valence-corrected chi connectivity index (χ1v) is 23.8. The number of fused-ring (bicyclic) bond motifs is 2. The summed E-state index contributed by atoms with van der Waals surface area (Å²) >= 11 is 11.9. The lowest BCUT2D eigenvalue weighted by atomic mass is 10.1. The van der Waals surface area contributed by atoms with Crippen LogP contribution in [-0.4, -0.2) is 121 Å². The second-order valence-electron chi connectivity index (χ2n) is 17.1. The molecule has 3 heterocycles. The maximum atomic E-state index is 13.6. The van der Waals surface area contributed by atoms with Crippen LogP contribution in [-0.2, 0) is 19.1 Å². The van der Waals surface area contributed by atoms with E-state index in [1.54, 1.807) is 49.6 Å². The number of aromatic nitrogens is 4. The number of hydrogen-bond acceptors (Lipinski definition) is 14. The lowest BCUT2D eigenvalue weighted by Crippen LogP contribution is -2.23. The number of nitrogens with one attached hydrogen (secondary N) is 4. The van der Waals surface area contributed by atoms with Gasteiger partial charge in [0.25, 0.3) is 0 Å². The Labute approximate surface area is 420 Å². The van der Waals surface area contributed by atoms with E-state index in [9.17, 15) is 18.4 Å². The molecule has 1 aliphatic heterocycles. The predicted octanol–water partition coefficient (Wildman–Crippen LogP) is 9.95. The molecule has 8 rings (SSSR count). The zero-order chi connectivity index (χ0) is 50.3. The van der Waals surface area contributed by atoms with Crippen molar-refractivity contribution < 1.29 is 37.3 Å². The average molecular weight is 1010 g/mol. The lowest BCUT2D eigenvalue weighted by molar-refractivity contribution is -0.112. The van der Waals surface area contributed by atoms with E-state index in [4.69, 9.17) is 42.1 Å². The third-order valence-corrected chi connectivity index (χ3v) is 11.8. The number of hydrogen-bond donors (Lipinski definition) is 4. The minimum Gasteiger partial charge on any atom is -0.488 e. The highest BCUT2D eigenvalue weighted by Gasteiger charge is 2.22. The Bertz CT molecular complexity index is 2860. The first-order chi connectivity index (χ1) is 34.3. The van der Waals surface area contributed by atoms with Crippen molar-refractivity contribution in [3.05, 3.63) is 119 Å². The molecule has 2 amide bonds. The lowest BCUT2D eigenvalue weighted by Gasteiger charge is -2.18. The van der Waals surface area contributed by atoms with Crippen LogP contribution < -0.4 is 30.7 Å². The fourth-order valence-corrected chi connectivity index (χ4v) is 7.91. The first kappa shape index (κ1) is 52.3. The average Bonchev–Trinajstić information content (AvgIpc) is 4.07. The molecule has 0 spiro atoms. The van der Waals surface area contributed by atoms with Crippen molar-refractivity contribution in [2.24, 2.45) is 0 Å². The zero-order valence-electron chi connectivity index (χ0n) is 39.8. The molecule has 0 unspecified atom stereocenters. The van der Waals surface area contributed by atoms with E-state index in [2.05, 4.69) is 46.1 Å². The number of anilines is 6. The molecule has 71 heavy (non-hydrogen) atoms. The summed E-state index contributed by atoms with van der Waals surface area (Å²) in [6, 6.07) is 15.8. The molecule has 0 bridgehead atoms. The first-order valence-electron chi connectivity index (χ1n) is 23.0. The predicted molar refractivity (Wildman–Crippen MR) is 275 cm³/mol. The Balaban J connectivity index is 0.000000209. The minimum atomic E-state index is -0.509. The van der Waals surface area contributed by atoms with Gasteiger partial charge in [-0.2, -0.15) is 0 Å². The van der Waals surface area contributed by atoms with Crippen LogP contribution in [0, 0.1) is 11.6 Å². The topological polar surface area (TPSA) is 177 Å². The van der Waals surface area contributed by atoms with E-state index in [0.717, 1.165) is 38.6 Å². The van der Waals surface area contributed by atoms with E-state index in [1.165, 1.54) is 49.1 Å². The van der Waals surface area contributed by atoms with Crippen molar-refractivity contribution in [3.63, 3.8) is 0 Å². The van der Waals surface area contributed by atoms with Crippen molar-refractivity contribution >= 4 is 91.2 Å². The maximum absolute atomic E-state index is 13.6. The van der Waals surface area contributed by atoms with Gasteiger partial charge in [-0.05, 0) is 95.4 Å². The summed E-state index contributed by atoms with van der Waals surface area (Å²) < 4.78 is 50.1. The highest BCUT2D eigenvalue weighted by Crippen LogP contribution is 2.37. The SMILES string of the molecule is CN(C)C/C=C/C(=O)Nc1cc2c(Nc3ccc(F)c(Cl)c3)ncnc2cc1O[C@H]1CCOC1.COCCN(C)C/C=C/C(=O)Nc1cc2c(Nc3ccc(F)c(Cl)c3)ncnc2cc1OC1CCCC1. The summed E-state index contributed by atoms with van der Waals surface area (Å²) in [7, 11) is 7.46. The molecule has 1 aliphatic carbocycles. The van der Waals surface area contributed by atoms with E-state index < -0.39 is 11.6 Å². The van der Waals surface area contributed by atoms with Gasteiger partial charge in [-0.1, -0.05) is 35.4 Å². The Morgan fingerprint density at radius 2 is 1.24 bits per heavy atom. The monoisotopic (exact) mass is 1010 g/mol. The highest BCUT2D eigenvalue weighted by atomic mass is 35.5. The van der Waals surface area contributed by atoms with Crippen LogP contribution >= 0.6 is 23.2 Å². The molecule has 1 saturated carbocycles. The third kappa shape index (κ3) is 15.2. The normalized spacial score (nSPS) is 14.9. The van der Waals surface area contributed by atoms with Crippen LogP contribution in [0.2, 0.25) is 10.0 Å². The van der Waals surface area contributed by atoms with Gasteiger partial charge in [-0.25, -0.2) is 28.7 Å². The minimum absolute atomic E-state index is 0.00298. The molecule has 6 aromatic rings. The summed E-state index contributed by atoms with van der Waals surface area (Å²) in [6.45, 7) is 3.75. The summed E-state index contributed by atoms with van der Waals surface area (Å²) in [4.78, 5) is 46.8. The third-order valence-electron chi connectivity index (χ3n) is 11.2. The molecule has 4 N–H and O–H groups in total. The summed E-state index contributed by atoms with van der Waals surface area (Å²) in [5, 5.41) is 13.5. The van der Waals surface area contributed by atoms with Crippen LogP contribution in [0.5, 0.6) is 11.5 Å². The maximum Gasteiger partial charge on any atom is 0.248 e. The largest absolute Gasteiger partial charge is 0.488 e. The molecule has 20 heteroatoms. The van der Waals surface area contributed by atoms with Gasteiger partial charge in [0.1, 0.15) is 53.5 Å². The number of rotatable bonds is 19. The molecule has 2 fully saturated rings. The van der Waals surface area contributed by atoms with Crippen LogP contribution in [0.15, 0.2) is 97.6 Å². The number of ether oxygens (including phenoxy) is 4. The fourth-order valence-electron chi connectivity index (χ4n) is 7.55. The van der Waals surface area contributed by atoms with Crippen LogP contribution in [0.3, 0.4) is 0 Å². The standard InChI is InChI=1S/C27H31ClFN5O3.C24H25ClFN5O3/c1-34(12-13-36-2)11-5-8-26(35)33-24-15-20-23(16-25(24)37-19-6-3-4-7-19)30-17-31-27(20)32-18-9-10-22(29)21(28)14-18;1-31(2)8-3-4-23(32)30-21-11-17-20(12-22(21)34-16-7-9-33-13-16)27-14-28-24(17)29-15-5-6-19(26)18(25)10-15/h5,8-10,14-17,19H,3-4,6-7,11-13H2,1-2H3,(H,33,35)(H,30,31,32);3-6,10-12,14,16H,7-9,13H2,1-2H3,(H,30,32)(H,27,28,29)/b8-5+;4-3+/t;16-/m.0/s1. The van der Waals surface area contributed by atoms with E-state index >= 15 is 0 Å². The number of likely N-dealkylation sites (N-methyl/N-ethyl adjacent to an activating group) is 2. The number of benzene rings is 4. The van der Waals surface area contributed by atoms with Gasteiger partial charge in [0, 0.05) is 79.6 Å². The number of methoxy groups -OCH3 is 1. The molecule has 0 radical (unpaired) electrons. The van der Waals surface area contributed by atoms with Crippen molar-refractivity contribution in [2.75, 3.05) is 89.0 Å². The number of amides is 2. The zero-order valence-corrected chi connectivity index (χ0v) is 41.3. The second kappa shape index (κ2) is 25.5. The van der Waals surface area contributed by atoms with E-state index in [0.29, 0.717) is 101 Å². The quantitative estimate of drug-likeness (QED) is 0.0564. The second-order valence-corrected chi connectivity index (χ2v) is 17.9. The Morgan fingerprint density at radius 1 is 0.718 bits per heavy atom. The van der Waals surface area contributed by atoms with E-state index in [-0.39, 0.29) is 34.1 Å². The van der Waals surface area contributed by atoms with Gasteiger partial charge < -0.3 is 50.0 Å². The van der Waals surface area contributed by atoms with Crippen molar-refractivity contribution in [3.8, 4) is 11.5 Å². The summed E-state index contributed by atoms with van der Waals surface area (Å²) in [5.41, 5.74) is 3.40. The van der Waals surface area contributed by atoms with Gasteiger partial charge in [0.15, 0.2) is 0 Å². The Kier molecular flexibility index (Phi) is 18.8. The molecular weight excluding hydrogens is 958 g/mol. The molecule has 1 atom stereocenters. The molecule has 2 aromatic heterocycles. The van der Waals surface area contributed by atoms with E-state index in [1.807, 2.05) is 32.1 Å². The number of nitrogens with zero attached hydrogens (tertiary/aromatic N) is 6. The van der Waals surface area contributed by atoms with Crippen molar-refractivity contribution in [1.29, 1.82) is 0 Å². The molecule has 4 aromatic carbocycles. The molecular formula is C51H56Cl2F2N10O6. The van der Waals surface area contributed by atoms with Crippen molar-refractivity contribution in [1.82, 2.24) is 29.7 Å². The molecule has 1 saturated heterocycles. The number of halogens is 4. The summed E-state index contributed by atoms with van der Waals surface area (Å²) in [6.07, 6.45) is 14.4. The Morgan fingerprint density at radius 3 is 1.72 bits per heavy atom. The molecule has 16 nitrogen and oxygen atoms in total. The molecule has 374 valence electrons. The smallest absolute Gasteiger partial charge is 0.248 e. The van der Waals surface area contributed by atoms with Crippen LogP contribution in [0.1, 0.15) is 32.1 Å². The van der Waals surface area contributed by atoms with Crippen molar-refractivity contribution in [2.45, 2.75) is 44.3 Å². The molecule has 2 aliphatic rings.